The first-order valence-electron chi connectivity index (χ1n) is 31.4. The van der Waals surface area contributed by atoms with Crippen molar-refractivity contribution in [2.45, 2.75) is 245 Å². The van der Waals surface area contributed by atoms with E-state index in [1.165, 1.54) is 83.5 Å². The van der Waals surface area contributed by atoms with Gasteiger partial charge in [0.1, 0.15) is 19.8 Å². The van der Waals surface area contributed by atoms with E-state index in [2.05, 4.69) is 148 Å². The molecule has 2 unspecified atom stereocenters. The van der Waals surface area contributed by atoms with Gasteiger partial charge in [0.15, 0.2) is 6.10 Å². The van der Waals surface area contributed by atoms with Gasteiger partial charge in [0.05, 0.1) is 27.7 Å². The molecule has 9 nitrogen and oxygen atoms in total. The molecular formula is C69H116NO8P. The molecule has 0 saturated heterocycles. The van der Waals surface area contributed by atoms with Gasteiger partial charge < -0.3 is 27.9 Å². The number of esters is 2. The molecule has 79 heavy (non-hydrogen) atoms. The largest absolute Gasteiger partial charge is 0.756 e. The van der Waals surface area contributed by atoms with Gasteiger partial charge in [-0.15, -0.1) is 0 Å². The average molecular weight is 1120 g/mol. The molecule has 0 heterocycles. The van der Waals surface area contributed by atoms with E-state index in [1.807, 2.05) is 21.1 Å². The van der Waals surface area contributed by atoms with Crippen LogP contribution < -0.4 is 4.89 Å². The molecule has 0 aromatic carbocycles. The Morgan fingerprint density at radius 3 is 1.08 bits per heavy atom. The van der Waals surface area contributed by atoms with Crippen LogP contribution in [0.3, 0.4) is 0 Å². The normalized spacial score (nSPS) is 14.2. The second-order valence-corrected chi connectivity index (χ2v) is 23.1. The van der Waals surface area contributed by atoms with Gasteiger partial charge in [0.25, 0.3) is 7.82 Å². The Morgan fingerprint density at radius 2 is 0.722 bits per heavy atom. The summed E-state index contributed by atoms with van der Waals surface area (Å²) in [6.45, 7) is 4.10. The molecule has 450 valence electrons. The van der Waals surface area contributed by atoms with Gasteiger partial charge in [-0.05, 0) is 96.3 Å². The van der Waals surface area contributed by atoms with Crippen LogP contribution in [-0.2, 0) is 32.7 Å². The van der Waals surface area contributed by atoms with Crippen molar-refractivity contribution in [3.05, 3.63) is 134 Å². The van der Waals surface area contributed by atoms with E-state index < -0.39 is 32.5 Å². The highest BCUT2D eigenvalue weighted by Gasteiger charge is 2.22. The van der Waals surface area contributed by atoms with E-state index in [4.69, 9.17) is 18.5 Å². The van der Waals surface area contributed by atoms with Gasteiger partial charge in [-0.3, -0.25) is 14.2 Å². The molecule has 0 N–H and O–H groups in total. The molecule has 0 aliphatic carbocycles. The fourth-order valence-corrected chi connectivity index (χ4v) is 8.86. The van der Waals surface area contributed by atoms with Crippen LogP contribution >= 0.6 is 7.82 Å². The monoisotopic (exact) mass is 1120 g/mol. The Balaban J connectivity index is 4.17. The van der Waals surface area contributed by atoms with E-state index in [0.29, 0.717) is 17.4 Å². The number of quaternary nitrogens is 1. The minimum Gasteiger partial charge on any atom is -0.756 e. The molecule has 0 amide bonds. The van der Waals surface area contributed by atoms with Gasteiger partial charge in [-0.1, -0.05) is 263 Å². The Hall–Kier alpha value is -3.85. The van der Waals surface area contributed by atoms with E-state index in [0.717, 1.165) is 122 Å². The van der Waals surface area contributed by atoms with Crippen LogP contribution in [0.5, 0.6) is 0 Å². The molecule has 0 aliphatic heterocycles. The number of carbonyl (C=O) groups is 2. The molecule has 10 heteroatoms. The van der Waals surface area contributed by atoms with Crippen molar-refractivity contribution in [2.75, 3.05) is 47.5 Å². The summed E-state index contributed by atoms with van der Waals surface area (Å²) < 4.78 is 34.1. The first kappa shape index (κ1) is 75.2. The number of rotatable bonds is 56. The van der Waals surface area contributed by atoms with E-state index in [9.17, 15) is 19.0 Å². The number of phosphoric ester groups is 1. The number of nitrogens with zero attached hydrogens (tertiary/aromatic N) is 1. The predicted molar refractivity (Wildman–Crippen MR) is 337 cm³/mol. The van der Waals surface area contributed by atoms with Crippen molar-refractivity contribution in [1.29, 1.82) is 0 Å². The number of hydrogen-bond acceptors (Lipinski definition) is 8. The average Bonchev–Trinajstić information content (AvgIpc) is 3.41. The number of ether oxygens (including phenoxy) is 2. The third-order valence-corrected chi connectivity index (χ3v) is 13.9. The Kier molecular flexibility index (Phi) is 55.9. The zero-order chi connectivity index (χ0) is 57.7. The summed E-state index contributed by atoms with van der Waals surface area (Å²) in [5, 5.41) is 0. The van der Waals surface area contributed by atoms with Crippen LogP contribution in [0.4, 0.5) is 0 Å². The lowest BCUT2D eigenvalue weighted by Gasteiger charge is -2.28. The maximum atomic E-state index is 12.8. The maximum Gasteiger partial charge on any atom is 0.306 e. The summed E-state index contributed by atoms with van der Waals surface area (Å²) >= 11 is 0. The quantitative estimate of drug-likeness (QED) is 0.0195. The van der Waals surface area contributed by atoms with Crippen LogP contribution in [0.1, 0.15) is 239 Å². The lowest BCUT2D eigenvalue weighted by atomic mass is 10.0. The van der Waals surface area contributed by atoms with Crippen molar-refractivity contribution in [2.24, 2.45) is 0 Å². The number of allylic oxidation sites excluding steroid dienone is 22. The number of unbranched alkanes of at least 4 members (excludes halogenated alkanes) is 20. The molecule has 0 rings (SSSR count). The van der Waals surface area contributed by atoms with Crippen molar-refractivity contribution in [3.8, 4) is 0 Å². The SMILES string of the molecule is CC/C=C\C/C=C\C/C=C\C/C=C\C/C=C\C/C=C\C/C=C\C/C=C\C/C=C\C/C=C\C/C=C\CCCCCCCC(=O)OC(COC(=O)CCCCCCCCCCCCCCCCCC)COP(=O)([O-])OCC[N+](C)(C)C. The minimum absolute atomic E-state index is 0.0402. The smallest absolute Gasteiger partial charge is 0.306 e. The Bertz CT molecular complexity index is 1790. The second kappa shape index (κ2) is 58.8. The van der Waals surface area contributed by atoms with Crippen LogP contribution in [0.25, 0.3) is 0 Å². The fraction of sp³-hybridized carbons (Fsp3) is 0.652. The van der Waals surface area contributed by atoms with Crippen molar-refractivity contribution < 1.29 is 42.1 Å². The summed E-state index contributed by atoms with van der Waals surface area (Å²) in [6.07, 6.45) is 85.1. The molecule has 0 aromatic rings. The predicted octanol–water partition coefficient (Wildman–Crippen LogP) is 19.5. The van der Waals surface area contributed by atoms with Gasteiger partial charge in [-0.2, -0.15) is 0 Å². The molecular weight excluding hydrogens is 1000 g/mol. The molecule has 2 atom stereocenters. The highest BCUT2D eigenvalue weighted by molar-refractivity contribution is 7.45. The molecule has 0 aromatic heterocycles. The Labute approximate surface area is 485 Å². The molecule has 0 spiro atoms. The summed E-state index contributed by atoms with van der Waals surface area (Å²) in [4.78, 5) is 37.9. The number of hydrogen-bond donors (Lipinski definition) is 0. The highest BCUT2D eigenvalue weighted by Crippen LogP contribution is 2.38. The third-order valence-electron chi connectivity index (χ3n) is 12.9. The number of phosphoric acid groups is 1. The standard InChI is InChI=1S/C69H116NO8P/c1-6-8-10-12-14-16-18-20-22-24-25-26-27-28-29-30-31-32-33-34-35-36-37-38-39-40-41-42-43-44-45-46-48-50-52-54-56-58-60-62-69(72)78-67(66-77-79(73,74)76-64-63-70(3,4)5)65-75-68(71)61-59-57-55-53-51-49-47-23-21-19-17-15-13-11-9-7-2/h8,10,14,16,20,22,25-26,28-29,31-32,34-35,37-38,40-41,43-44,46,48,67H,6-7,9,11-13,15,17-19,21,23-24,27,30,33,36,39,42,45,47,49-66H2,1-5H3/b10-8-,16-14-,22-20-,26-25-,29-28-,32-31-,35-34-,38-37-,41-40-,44-43-,48-46-. The van der Waals surface area contributed by atoms with Crippen LogP contribution in [0.15, 0.2) is 134 Å². The minimum atomic E-state index is -4.65. The van der Waals surface area contributed by atoms with Crippen molar-refractivity contribution >= 4 is 19.8 Å². The van der Waals surface area contributed by atoms with Crippen LogP contribution in [-0.4, -0.2) is 70.0 Å². The first-order chi connectivity index (χ1) is 38.5. The van der Waals surface area contributed by atoms with Gasteiger partial charge in [0.2, 0.25) is 0 Å². The van der Waals surface area contributed by atoms with E-state index in [1.54, 1.807) is 0 Å². The van der Waals surface area contributed by atoms with E-state index >= 15 is 0 Å². The molecule has 0 saturated carbocycles. The first-order valence-corrected chi connectivity index (χ1v) is 32.9. The molecule has 0 radical (unpaired) electrons. The highest BCUT2D eigenvalue weighted by atomic mass is 31.2. The van der Waals surface area contributed by atoms with Gasteiger partial charge in [-0.25, -0.2) is 0 Å². The fourth-order valence-electron chi connectivity index (χ4n) is 8.13. The molecule has 0 aliphatic rings. The summed E-state index contributed by atoms with van der Waals surface area (Å²) in [5.41, 5.74) is 0. The maximum absolute atomic E-state index is 12.8. The zero-order valence-electron chi connectivity index (χ0n) is 51.0. The number of carbonyl (C=O) groups excluding carboxylic acids is 2. The second-order valence-electron chi connectivity index (χ2n) is 21.7. The van der Waals surface area contributed by atoms with Crippen LogP contribution in [0.2, 0.25) is 0 Å². The lowest BCUT2D eigenvalue weighted by molar-refractivity contribution is -0.870. The topological polar surface area (TPSA) is 111 Å². The third kappa shape index (κ3) is 63.2. The van der Waals surface area contributed by atoms with Crippen molar-refractivity contribution in [3.63, 3.8) is 0 Å². The van der Waals surface area contributed by atoms with Gasteiger partial charge >= 0.3 is 11.9 Å². The zero-order valence-corrected chi connectivity index (χ0v) is 51.9. The summed E-state index contributed by atoms with van der Waals surface area (Å²) in [6, 6.07) is 0. The summed E-state index contributed by atoms with van der Waals surface area (Å²) in [7, 11) is 1.14. The number of likely N-dealkylation sites (N-methyl/N-ethyl adjacent to an activating group) is 1. The molecule has 0 fully saturated rings. The Morgan fingerprint density at radius 1 is 0.405 bits per heavy atom. The van der Waals surface area contributed by atoms with Crippen molar-refractivity contribution in [1.82, 2.24) is 0 Å². The van der Waals surface area contributed by atoms with Gasteiger partial charge in [0, 0.05) is 12.8 Å². The van der Waals surface area contributed by atoms with Crippen LogP contribution in [0, 0.1) is 0 Å². The summed E-state index contributed by atoms with van der Waals surface area (Å²) in [5.74, 6) is -0.858. The van der Waals surface area contributed by atoms with E-state index in [-0.39, 0.29) is 26.1 Å². The molecule has 0 bridgehead atoms. The lowest BCUT2D eigenvalue weighted by Crippen LogP contribution is -2.37.